The van der Waals surface area contributed by atoms with Gasteiger partial charge in [0.1, 0.15) is 5.01 Å². The quantitative estimate of drug-likeness (QED) is 0.757. The minimum absolute atomic E-state index is 0.428. The fourth-order valence-corrected chi connectivity index (χ4v) is 1.43. The van der Waals surface area contributed by atoms with Crippen LogP contribution >= 0.6 is 11.3 Å². The molecular weight excluding hydrogens is 176 g/mol. The van der Waals surface area contributed by atoms with Gasteiger partial charge in [-0.25, -0.2) is 9.78 Å². The molecule has 1 amide bonds. The van der Waals surface area contributed by atoms with Gasteiger partial charge in [-0.2, -0.15) is 0 Å². The number of aryl methyl sites for hydroxylation is 1. The molecule has 66 valence electrons. The normalized spacial score (nSPS) is 9.50. The average Bonchev–Trinajstić information content (AvgIpc) is 2.47. The Bertz CT molecular complexity index is 272. The molecule has 0 fully saturated rings. The largest absolute Gasteiger partial charge is 0.453 e. The molecule has 0 unspecified atom stereocenters. The molecule has 0 spiro atoms. The van der Waals surface area contributed by atoms with Gasteiger partial charge in [0.2, 0.25) is 0 Å². The number of carbonyl (C=O) groups is 1. The Morgan fingerprint density at radius 3 is 3.08 bits per heavy atom. The van der Waals surface area contributed by atoms with Crippen LogP contribution in [0.25, 0.3) is 0 Å². The van der Waals surface area contributed by atoms with Crippen molar-refractivity contribution in [2.75, 3.05) is 7.11 Å². The van der Waals surface area contributed by atoms with E-state index in [4.69, 9.17) is 0 Å². The average molecular weight is 186 g/mol. The number of thiazole rings is 1. The van der Waals surface area contributed by atoms with E-state index in [0.29, 0.717) is 6.54 Å². The molecule has 0 bridgehead atoms. The highest BCUT2D eigenvalue weighted by molar-refractivity contribution is 7.11. The predicted octanol–water partition coefficient (Wildman–Crippen LogP) is 1.31. The summed E-state index contributed by atoms with van der Waals surface area (Å²) < 4.78 is 4.41. The summed E-state index contributed by atoms with van der Waals surface area (Å²) in [5.41, 5.74) is 0. The predicted molar refractivity (Wildman–Crippen MR) is 46.1 cm³/mol. The summed E-state index contributed by atoms with van der Waals surface area (Å²) in [6.45, 7) is 2.41. The van der Waals surface area contributed by atoms with Gasteiger partial charge in [-0.15, -0.1) is 11.3 Å². The van der Waals surface area contributed by atoms with Crippen molar-refractivity contribution in [3.63, 3.8) is 0 Å². The van der Waals surface area contributed by atoms with Crippen LogP contribution in [-0.2, 0) is 11.3 Å². The first-order chi connectivity index (χ1) is 5.72. The second-order valence-corrected chi connectivity index (χ2v) is 3.53. The lowest BCUT2D eigenvalue weighted by Gasteiger charge is -1.98. The van der Waals surface area contributed by atoms with Gasteiger partial charge in [0.15, 0.2) is 0 Å². The highest BCUT2D eigenvalue weighted by atomic mass is 32.1. The number of hydrogen-bond donors (Lipinski definition) is 1. The molecule has 1 N–H and O–H groups in total. The summed E-state index contributed by atoms with van der Waals surface area (Å²) in [5, 5.41) is 3.44. The SMILES string of the molecule is COC(=O)NCc1ncc(C)s1. The zero-order valence-electron chi connectivity index (χ0n) is 6.96. The van der Waals surface area contributed by atoms with Crippen molar-refractivity contribution < 1.29 is 9.53 Å². The molecule has 1 heterocycles. The molecule has 0 aliphatic rings. The Balaban J connectivity index is 2.38. The number of amides is 1. The van der Waals surface area contributed by atoms with Gasteiger partial charge < -0.3 is 10.1 Å². The summed E-state index contributed by atoms with van der Waals surface area (Å²) >= 11 is 1.56. The van der Waals surface area contributed by atoms with Crippen LogP contribution in [0.3, 0.4) is 0 Å². The highest BCUT2D eigenvalue weighted by Gasteiger charge is 2.01. The van der Waals surface area contributed by atoms with Crippen molar-refractivity contribution in [1.82, 2.24) is 10.3 Å². The Labute approximate surface area is 74.6 Å². The number of hydrogen-bond acceptors (Lipinski definition) is 4. The molecule has 0 atom stereocenters. The molecule has 12 heavy (non-hydrogen) atoms. The third-order valence-electron chi connectivity index (χ3n) is 1.24. The molecule has 0 saturated heterocycles. The topological polar surface area (TPSA) is 51.2 Å². The molecule has 1 aromatic heterocycles. The van der Waals surface area contributed by atoms with Gasteiger partial charge in [-0.05, 0) is 6.92 Å². The highest BCUT2D eigenvalue weighted by Crippen LogP contribution is 2.10. The van der Waals surface area contributed by atoms with E-state index in [-0.39, 0.29) is 0 Å². The molecule has 5 heteroatoms. The van der Waals surface area contributed by atoms with Crippen molar-refractivity contribution in [3.05, 3.63) is 16.1 Å². The van der Waals surface area contributed by atoms with Crippen molar-refractivity contribution >= 4 is 17.4 Å². The van der Waals surface area contributed by atoms with Crippen LogP contribution in [-0.4, -0.2) is 18.2 Å². The first-order valence-corrected chi connectivity index (χ1v) is 4.27. The third-order valence-corrected chi connectivity index (χ3v) is 2.15. The molecule has 0 saturated carbocycles. The van der Waals surface area contributed by atoms with E-state index in [0.717, 1.165) is 9.88 Å². The second-order valence-electron chi connectivity index (χ2n) is 2.21. The summed E-state index contributed by atoms with van der Waals surface area (Å²) in [5.74, 6) is 0. The monoisotopic (exact) mass is 186 g/mol. The minimum Gasteiger partial charge on any atom is -0.453 e. The van der Waals surface area contributed by atoms with Gasteiger partial charge in [-0.3, -0.25) is 0 Å². The number of ether oxygens (including phenoxy) is 1. The fourth-order valence-electron chi connectivity index (χ4n) is 0.703. The Morgan fingerprint density at radius 2 is 2.58 bits per heavy atom. The van der Waals surface area contributed by atoms with Crippen LogP contribution in [0, 0.1) is 6.92 Å². The molecule has 1 rings (SSSR count). The van der Waals surface area contributed by atoms with Gasteiger partial charge in [0.25, 0.3) is 0 Å². The number of rotatable bonds is 2. The number of carbonyl (C=O) groups excluding carboxylic acids is 1. The molecular formula is C7H10N2O2S. The van der Waals surface area contributed by atoms with Crippen LogP contribution in [0.2, 0.25) is 0 Å². The van der Waals surface area contributed by atoms with Crippen LogP contribution in [0.5, 0.6) is 0 Å². The lowest BCUT2D eigenvalue weighted by atomic mass is 10.6. The number of methoxy groups -OCH3 is 1. The van der Waals surface area contributed by atoms with Crippen LogP contribution < -0.4 is 5.32 Å². The third kappa shape index (κ3) is 2.50. The number of nitrogens with one attached hydrogen (secondary N) is 1. The summed E-state index contributed by atoms with van der Waals surface area (Å²) in [6, 6.07) is 0. The molecule has 1 aromatic rings. The van der Waals surface area contributed by atoms with E-state index < -0.39 is 6.09 Å². The molecule has 4 nitrogen and oxygen atoms in total. The molecule has 0 aliphatic carbocycles. The fraction of sp³-hybridized carbons (Fsp3) is 0.429. The van der Waals surface area contributed by atoms with E-state index in [2.05, 4.69) is 15.0 Å². The van der Waals surface area contributed by atoms with E-state index >= 15 is 0 Å². The minimum atomic E-state index is -0.428. The molecule has 0 aromatic carbocycles. The maximum Gasteiger partial charge on any atom is 0.407 e. The zero-order chi connectivity index (χ0) is 8.97. The first-order valence-electron chi connectivity index (χ1n) is 3.45. The number of alkyl carbamates (subject to hydrolysis) is 1. The number of nitrogens with zero attached hydrogens (tertiary/aromatic N) is 1. The standard InChI is InChI=1S/C7H10N2O2S/c1-5-3-8-6(12-5)4-9-7(10)11-2/h3H,4H2,1-2H3,(H,9,10). The summed E-state index contributed by atoms with van der Waals surface area (Å²) in [7, 11) is 1.34. The van der Waals surface area contributed by atoms with Crippen LogP contribution in [0.15, 0.2) is 6.20 Å². The van der Waals surface area contributed by atoms with E-state index in [1.165, 1.54) is 7.11 Å². The van der Waals surface area contributed by atoms with Gasteiger partial charge in [0, 0.05) is 11.1 Å². The van der Waals surface area contributed by atoms with Crippen molar-refractivity contribution in [2.24, 2.45) is 0 Å². The van der Waals surface area contributed by atoms with Crippen molar-refractivity contribution in [2.45, 2.75) is 13.5 Å². The van der Waals surface area contributed by atoms with E-state index in [1.54, 1.807) is 17.5 Å². The van der Waals surface area contributed by atoms with Crippen LogP contribution in [0.1, 0.15) is 9.88 Å². The van der Waals surface area contributed by atoms with E-state index in [9.17, 15) is 4.79 Å². The maximum atomic E-state index is 10.6. The van der Waals surface area contributed by atoms with Gasteiger partial charge >= 0.3 is 6.09 Å². The van der Waals surface area contributed by atoms with Gasteiger partial charge in [-0.1, -0.05) is 0 Å². The summed E-state index contributed by atoms with van der Waals surface area (Å²) in [6.07, 6.45) is 1.35. The zero-order valence-corrected chi connectivity index (χ0v) is 7.77. The Hall–Kier alpha value is -1.10. The number of aromatic nitrogens is 1. The Kier molecular flexibility index (Phi) is 3.04. The maximum absolute atomic E-state index is 10.6. The van der Waals surface area contributed by atoms with Gasteiger partial charge in [0.05, 0.1) is 13.7 Å². The lowest BCUT2D eigenvalue weighted by Crippen LogP contribution is -2.22. The molecule has 0 radical (unpaired) electrons. The second kappa shape index (κ2) is 4.06. The van der Waals surface area contributed by atoms with E-state index in [1.807, 2.05) is 6.92 Å². The smallest absolute Gasteiger partial charge is 0.407 e. The lowest BCUT2D eigenvalue weighted by molar-refractivity contribution is 0.170. The van der Waals surface area contributed by atoms with Crippen LogP contribution in [0.4, 0.5) is 4.79 Å². The van der Waals surface area contributed by atoms with Crippen molar-refractivity contribution in [1.29, 1.82) is 0 Å². The Morgan fingerprint density at radius 1 is 1.83 bits per heavy atom. The summed E-state index contributed by atoms with van der Waals surface area (Å²) in [4.78, 5) is 15.8. The first kappa shape index (κ1) is 8.99. The van der Waals surface area contributed by atoms with Crippen molar-refractivity contribution in [3.8, 4) is 0 Å². The molecule has 0 aliphatic heterocycles.